The molecule has 0 bridgehead atoms. The molecule has 1 fully saturated rings. The molecule has 0 atom stereocenters. The lowest BCUT2D eigenvalue weighted by molar-refractivity contribution is 0.184. The van der Waals surface area contributed by atoms with Gasteiger partial charge >= 0.3 is 6.09 Å². The number of rotatable bonds is 6. The first kappa shape index (κ1) is 15.6. The van der Waals surface area contributed by atoms with Gasteiger partial charge in [-0.1, -0.05) is 17.7 Å². The Labute approximate surface area is 138 Å². The first-order valence-corrected chi connectivity index (χ1v) is 7.61. The Bertz CT molecular complexity index is 705. The summed E-state index contributed by atoms with van der Waals surface area (Å²) in [6.07, 6.45) is 5.86. The van der Waals surface area contributed by atoms with Crippen molar-refractivity contribution in [3.63, 3.8) is 0 Å². The number of hydrogen-bond donors (Lipinski definition) is 2. The summed E-state index contributed by atoms with van der Waals surface area (Å²) >= 11 is 6.15. The van der Waals surface area contributed by atoms with Gasteiger partial charge in [0.05, 0.1) is 12.8 Å². The van der Waals surface area contributed by atoms with Crippen LogP contribution in [0.1, 0.15) is 12.8 Å². The Balaban J connectivity index is 1.69. The number of nitrogens with one attached hydrogen (secondary N) is 1. The van der Waals surface area contributed by atoms with Crippen LogP contribution in [0.25, 0.3) is 11.1 Å². The molecule has 1 aliphatic rings. The van der Waals surface area contributed by atoms with Crippen LogP contribution in [0.4, 0.5) is 4.79 Å². The molecule has 2 aromatic rings. The number of ether oxygens (including phenoxy) is 1. The van der Waals surface area contributed by atoms with Crippen molar-refractivity contribution in [2.45, 2.75) is 12.8 Å². The maximum absolute atomic E-state index is 10.6. The molecule has 3 rings (SSSR count). The van der Waals surface area contributed by atoms with E-state index in [2.05, 4.69) is 15.3 Å². The van der Waals surface area contributed by atoms with Crippen molar-refractivity contribution in [1.29, 1.82) is 0 Å². The predicted molar refractivity (Wildman–Crippen MR) is 85.7 cm³/mol. The van der Waals surface area contributed by atoms with Crippen molar-refractivity contribution < 1.29 is 14.6 Å². The number of pyridine rings is 2. The highest BCUT2D eigenvalue weighted by Crippen LogP contribution is 2.45. The van der Waals surface area contributed by atoms with E-state index >= 15 is 0 Å². The lowest BCUT2D eigenvalue weighted by Crippen LogP contribution is -2.31. The van der Waals surface area contributed by atoms with Gasteiger partial charge in [-0.15, -0.1) is 0 Å². The molecule has 1 saturated carbocycles. The molecule has 0 aliphatic heterocycles. The molecule has 0 spiro atoms. The van der Waals surface area contributed by atoms with E-state index in [1.807, 2.05) is 18.2 Å². The summed E-state index contributed by atoms with van der Waals surface area (Å²) in [6, 6.07) is 5.56. The van der Waals surface area contributed by atoms with Crippen molar-refractivity contribution in [1.82, 2.24) is 15.3 Å². The summed E-state index contributed by atoms with van der Waals surface area (Å²) in [7, 11) is 0. The Morgan fingerprint density at radius 2 is 2.26 bits per heavy atom. The number of nitrogens with zero attached hydrogens (tertiary/aromatic N) is 2. The second-order valence-corrected chi connectivity index (χ2v) is 6.06. The maximum atomic E-state index is 10.6. The van der Waals surface area contributed by atoms with Crippen molar-refractivity contribution in [3.05, 3.63) is 41.9 Å². The summed E-state index contributed by atoms with van der Waals surface area (Å²) < 4.78 is 5.81. The first-order valence-electron chi connectivity index (χ1n) is 7.24. The normalized spacial score (nSPS) is 15.0. The van der Waals surface area contributed by atoms with Crippen LogP contribution in [0, 0.1) is 5.41 Å². The molecule has 0 unspecified atom stereocenters. The third-order valence-corrected chi connectivity index (χ3v) is 4.20. The molecule has 2 heterocycles. The van der Waals surface area contributed by atoms with Gasteiger partial charge in [0.15, 0.2) is 0 Å². The summed E-state index contributed by atoms with van der Waals surface area (Å²) in [4.78, 5) is 18.8. The van der Waals surface area contributed by atoms with Gasteiger partial charge in [0.2, 0.25) is 0 Å². The van der Waals surface area contributed by atoms with Gasteiger partial charge < -0.3 is 15.2 Å². The van der Waals surface area contributed by atoms with Crippen LogP contribution in [0.3, 0.4) is 0 Å². The molecular formula is C16H16ClN3O3. The van der Waals surface area contributed by atoms with Crippen LogP contribution in [-0.4, -0.2) is 34.3 Å². The molecule has 7 heteroatoms. The fraction of sp³-hybridized carbons (Fsp3) is 0.312. The third kappa shape index (κ3) is 3.90. The summed E-state index contributed by atoms with van der Waals surface area (Å²) in [5, 5.41) is 11.5. The van der Waals surface area contributed by atoms with Crippen LogP contribution in [0.5, 0.6) is 5.75 Å². The topological polar surface area (TPSA) is 84.3 Å². The molecule has 2 N–H and O–H groups in total. The molecule has 1 amide bonds. The van der Waals surface area contributed by atoms with Gasteiger partial charge in [-0.25, -0.2) is 9.78 Å². The highest BCUT2D eigenvalue weighted by atomic mass is 35.5. The zero-order valence-corrected chi connectivity index (χ0v) is 13.1. The number of halogens is 1. The van der Waals surface area contributed by atoms with Gasteiger partial charge in [-0.05, 0) is 25.0 Å². The summed E-state index contributed by atoms with van der Waals surface area (Å²) in [5.74, 6) is 0.606. The predicted octanol–water partition coefficient (Wildman–Crippen LogP) is 3.22. The van der Waals surface area contributed by atoms with E-state index in [0.29, 0.717) is 24.1 Å². The van der Waals surface area contributed by atoms with E-state index in [9.17, 15) is 4.79 Å². The molecule has 0 aromatic carbocycles. The van der Waals surface area contributed by atoms with E-state index in [0.717, 1.165) is 24.0 Å². The Hall–Kier alpha value is -2.34. The molecule has 23 heavy (non-hydrogen) atoms. The Morgan fingerprint density at radius 1 is 1.43 bits per heavy atom. The van der Waals surface area contributed by atoms with Gasteiger partial charge in [0.1, 0.15) is 10.9 Å². The Morgan fingerprint density at radius 3 is 2.91 bits per heavy atom. The van der Waals surface area contributed by atoms with E-state index < -0.39 is 6.09 Å². The minimum atomic E-state index is -1.01. The van der Waals surface area contributed by atoms with Crippen LogP contribution in [0.2, 0.25) is 5.15 Å². The van der Waals surface area contributed by atoms with Crippen LogP contribution in [0.15, 0.2) is 36.8 Å². The van der Waals surface area contributed by atoms with Crippen molar-refractivity contribution >= 4 is 17.7 Å². The van der Waals surface area contributed by atoms with E-state index in [4.69, 9.17) is 21.4 Å². The number of carboxylic acid groups (broad SMARTS) is 1. The monoisotopic (exact) mass is 333 g/mol. The number of hydrogen-bond acceptors (Lipinski definition) is 4. The number of amides is 1. The molecule has 0 saturated heterocycles. The van der Waals surface area contributed by atoms with E-state index in [-0.39, 0.29) is 5.41 Å². The van der Waals surface area contributed by atoms with Crippen molar-refractivity contribution in [3.8, 4) is 16.9 Å². The van der Waals surface area contributed by atoms with E-state index in [1.165, 1.54) is 0 Å². The second kappa shape index (κ2) is 6.42. The molecule has 6 nitrogen and oxygen atoms in total. The number of aromatic nitrogens is 2. The molecule has 120 valence electrons. The quantitative estimate of drug-likeness (QED) is 0.793. The SMILES string of the molecule is O=C(O)NCC1(COc2cnc(Cl)c(-c3cccnc3)c2)CC1. The summed E-state index contributed by atoms with van der Waals surface area (Å²) in [5.41, 5.74) is 1.52. The highest BCUT2D eigenvalue weighted by Gasteiger charge is 2.43. The fourth-order valence-corrected chi connectivity index (χ4v) is 2.49. The lowest BCUT2D eigenvalue weighted by atomic mass is 10.1. The zero-order chi connectivity index (χ0) is 16.3. The molecule has 2 aromatic heterocycles. The van der Waals surface area contributed by atoms with Crippen molar-refractivity contribution in [2.24, 2.45) is 5.41 Å². The largest absolute Gasteiger partial charge is 0.491 e. The van der Waals surface area contributed by atoms with Gasteiger partial charge in [0, 0.05) is 35.5 Å². The fourth-order valence-electron chi connectivity index (χ4n) is 2.28. The van der Waals surface area contributed by atoms with E-state index in [1.54, 1.807) is 18.6 Å². The zero-order valence-electron chi connectivity index (χ0n) is 12.3. The minimum Gasteiger partial charge on any atom is -0.491 e. The molecular weight excluding hydrogens is 318 g/mol. The lowest BCUT2D eigenvalue weighted by Gasteiger charge is -2.16. The van der Waals surface area contributed by atoms with Crippen LogP contribution < -0.4 is 10.1 Å². The van der Waals surface area contributed by atoms with Crippen LogP contribution >= 0.6 is 11.6 Å². The molecule has 0 radical (unpaired) electrons. The van der Waals surface area contributed by atoms with Gasteiger partial charge in [-0.3, -0.25) is 4.98 Å². The minimum absolute atomic E-state index is 0.105. The van der Waals surface area contributed by atoms with Gasteiger partial charge in [0.25, 0.3) is 0 Å². The summed E-state index contributed by atoms with van der Waals surface area (Å²) in [6.45, 7) is 0.849. The molecule has 1 aliphatic carbocycles. The highest BCUT2D eigenvalue weighted by molar-refractivity contribution is 6.32. The Kier molecular flexibility index (Phi) is 4.34. The van der Waals surface area contributed by atoms with Gasteiger partial charge in [-0.2, -0.15) is 0 Å². The third-order valence-electron chi connectivity index (χ3n) is 3.90. The van der Waals surface area contributed by atoms with Crippen molar-refractivity contribution in [2.75, 3.05) is 13.2 Å². The maximum Gasteiger partial charge on any atom is 0.404 e. The smallest absolute Gasteiger partial charge is 0.404 e. The average molecular weight is 334 g/mol. The standard InChI is InChI=1S/C16H16ClN3O3/c17-14-13(11-2-1-5-18-7-11)6-12(8-19-14)23-10-16(3-4-16)9-20-15(21)22/h1-2,5-8,20H,3-4,9-10H2,(H,21,22). The average Bonchev–Trinajstić information content (AvgIpc) is 3.34. The second-order valence-electron chi connectivity index (χ2n) is 5.70. The van der Waals surface area contributed by atoms with Crippen LogP contribution in [-0.2, 0) is 0 Å². The number of carbonyl (C=O) groups is 1. The first-order chi connectivity index (χ1) is 11.1.